The molecule has 0 aromatic carbocycles. The van der Waals surface area contributed by atoms with E-state index in [-0.39, 0.29) is 0 Å². The van der Waals surface area contributed by atoms with E-state index < -0.39 is 0 Å². The Balaban J connectivity index is 1.93. The molecule has 0 bridgehead atoms. The van der Waals surface area contributed by atoms with Crippen molar-refractivity contribution in [2.75, 3.05) is 31.7 Å². The van der Waals surface area contributed by atoms with Crippen LogP contribution in [0.3, 0.4) is 0 Å². The van der Waals surface area contributed by atoms with Gasteiger partial charge in [0, 0.05) is 13.2 Å². The van der Waals surface area contributed by atoms with Crippen molar-refractivity contribution in [3.05, 3.63) is 11.9 Å². The summed E-state index contributed by atoms with van der Waals surface area (Å²) in [6.45, 7) is 7.18. The predicted octanol–water partition coefficient (Wildman–Crippen LogP) is 2.02. The molecule has 1 saturated heterocycles. The van der Waals surface area contributed by atoms with Crippen molar-refractivity contribution in [1.29, 1.82) is 0 Å². The van der Waals surface area contributed by atoms with Crippen LogP contribution in [-0.4, -0.2) is 36.3 Å². The van der Waals surface area contributed by atoms with E-state index in [4.69, 9.17) is 9.47 Å². The van der Waals surface area contributed by atoms with Gasteiger partial charge in [0.2, 0.25) is 5.88 Å². The topological polar surface area (TPSA) is 56.3 Å². The number of aromatic nitrogens is 2. The standard InChI is InChI=1S/C13H21N3O2/c1-3-18-13-10(2)12(15-9-16-13)14-7-11-5-4-6-17-8-11/h9,11H,3-8H2,1-2H3,(H,14,15,16). The molecule has 0 aliphatic carbocycles. The molecule has 0 radical (unpaired) electrons. The SMILES string of the molecule is CCOc1ncnc(NCC2CCCOC2)c1C. The van der Waals surface area contributed by atoms with Gasteiger partial charge in [0.25, 0.3) is 0 Å². The van der Waals surface area contributed by atoms with Crippen LogP contribution in [0.5, 0.6) is 5.88 Å². The smallest absolute Gasteiger partial charge is 0.221 e. The fourth-order valence-corrected chi connectivity index (χ4v) is 2.10. The highest BCUT2D eigenvalue weighted by molar-refractivity contribution is 5.47. The molecule has 0 spiro atoms. The second-order valence-electron chi connectivity index (χ2n) is 4.55. The minimum atomic E-state index is 0.573. The molecule has 1 atom stereocenters. The van der Waals surface area contributed by atoms with Crippen LogP contribution in [-0.2, 0) is 4.74 Å². The molecule has 2 heterocycles. The molecule has 0 amide bonds. The predicted molar refractivity (Wildman–Crippen MR) is 70.0 cm³/mol. The van der Waals surface area contributed by atoms with Gasteiger partial charge in [0.05, 0.1) is 18.8 Å². The van der Waals surface area contributed by atoms with E-state index in [0.717, 1.165) is 37.6 Å². The number of anilines is 1. The second kappa shape index (κ2) is 6.54. The van der Waals surface area contributed by atoms with Gasteiger partial charge in [-0.3, -0.25) is 0 Å². The Morgan fingerprint density at radius 3 is 3.11 bits per heavy atom. The van der Waals surface area contributed by atoms with Gasteiger partial charge < -0.3 is 14.8 Å². The van der Waals surface area contributed by atoms with E-state index in [9.17, 15) is 0 Å². The van der Waals surface area contributed by atoms with Crippen LogP contribution >= 0.6 is 0 Å². The minimum absolute atomic E-state index is 0.573. The average Bonchev–Trinajstić information content (AvgIpc) is 2.41. The molecule has 1 N–H and O–H groups in total. The molecule has 2 rings (SSSR count). The number of rotatable bonds is 5. The molecule has 1 aliphatic rings. The zero-order valence-electron chi connectivity index (χ0n) is 11.1. The Bertz CT molecular complexity index is 378. The molecule has 5 heteroatoms. The van der Waals surface area contributed by atoms with Crippen LogP contribution in [0.1, 0.15) is 25.3 Å². The van der Waals surface area contributed by atoms with Gasteiger partial charge in [0.1, 0.15) is 12.1 Å². The first-order chi connectivity index (χ1) is 8.81. The van der Waals surface area contributed by atoms with E-state index in [1.54, 1.807) is 0 Å². The van der Waals surface area contributed by atoms with Gasteiger partial charge in [-0.15, -0.1) is 0 Å². The summed E-state index contributed by atoms with van der Waals surface area (Å²) < 4.78 is 10.9. The lowest BCUT2D eigenvalue weighted by Gasteiger charge is -2.22. The third-order valence-electron chi connectivity index (χ3n) is 3.13. The van der Waals surface area contributed by atoms with E-state index in [1.807, 2.05) is 13.8 Å². The molecule has 5 nitrogen and oxygen atoms in total. The van der Waals surface area contributed by atoms with Gasteiger partial charge in [-0.25, -0.2) is 9.97 Å². The Morgan fingerprint density at radius 1 is 1.50 bits per heavy atom. The highest BCUT2D eigenvalue weighted by atomic mass is 16.5. The van der Waals surface area contributed by atoms with Crippen molar-refractivity contribution in [1.82, 2.24) is 9.97 Å². The Labute approximate surface area is 108 Å². The van der Waals surface area contributed by atoms with Gasteiger partial charge in [-0.05, 0) is 32.6 Å². The molecular formula is C13H21N3O2. The van der Waals surface area contributed by atoms with E-state index >= 15 is 0 Å². The highest BCUT2D eigenvalue weighted by Gasteiger charge is 2.15. The summed E-state index contributed by atoms with van der Waals surface area (Å²) in [5, 5.41) is 3.37. The van der Waals surface area contributed by atoms with Crippen LogP contribution in [0.15, 0.2) is 6.33 Å². The first kappa shape index (κ1) is 13.1. The molecule has 1 unspecified atom stereocenters. The third kappa shape index (κ3) is 3.32. The summed E-state index contributed by atoms with van der Waals surface area (Å²) in [6, 6.07) is 0. The fourth-order valence-electron chi connectivity index (χ4n) is 2.10. The summed E-state index contributed by atoms with van der Waals surface area (Å²) in [4.78, 5) is 8.39. The van der Waals surface area contributed by atoms with Gasteiger partial charge >= 0.3 is 0 Å². The highest BCUT2D eigenvalue weighted by Crippen LogP contribution is 2.21. The Kier molecular flexibility index (Phi) is 4.75. The van der Waals surface area contributed by atoms with Gasteiger partial charge in [-0.1, -0.05) is 0 Å². The molecule has 100 valence electrons. The van der Waals surface area contributed by atoms with Crippen molar-refractivity contribution in [2.45, 2.75) is 26.7 Å². The van der Waals surface area contributed by atoms with Crippen LogP contribution < -0.4 is 10.1 Å². The van der Waals surface area contributed by atoms with Crippen LogP contribution in [0.4, 0.5) is 5.82 Å². The Hall–Kier alpha value is -1.36. The molecule has 0 saturated carbocycles. The van der Waals surface area contributed by atoms with Crippen molar-refractivity contribution in [3.63, 3.8) is 0 Å². The maximum absolute atomic E-state index is 5.47. The third-order valence-corrected chi connectivity index (χ3v) is 3.13. The quantitative estimate of drug-likeness (QED) is 0.867. The Morgan fingerprint density at radius 2 is 2.39 bits per heavy atom. The molecule has 18 heavy (non-hydrogen) atoms. The van der Waals surface area contributed by atoms with E-state index in [2.05, 4.69) is 15.3 Å². The zero-order valence-corrected chi connectivity index (χ0v) is 11.1. The summed E-state index contributed by atoms with van der Waals surface area (Å²) in [5.74, 6) is 2.09. The molecule has 1 aromatic rings. The molecular weight excluding hydrogens is 230 g/mol. The van der Waals surface area contributed by atoms with Crippen molar-refractivity contribution < 1.29 is 9.47 Å². The maximum atomic E-state index is 5.47. The summed E-state index contributed by atoms with van der Waals surface area (Å²) in [7, 11) is 0. The largest absolute Gasteiger partial charge is 0.478 e. The maximum Gasteiger partial charge on any atom is 0.221 e. The number of nitrogens with zero attached hydrogens (tertiary/aromatic N) is 2. The monoisotopic (exact) mass is 251 g/mol. The van der Waals surface area contributed by atoms with Crippen LogP contribution in [0, 0.1) is 12.8 Å². The lowest BCUT2D eigenvalue weighted by Crippen LogP contribution is -2.24. The second-order valence-corrected chi connectivity index (χ2v) is 4.55. The lowest BCUT2D eigenvalue weighted by atomic mass is 10.0. The summed E-state index contributed by atoms with van der Waals surface area (Å²) in [5.41, 5.74) is 0.969. The van der Waals surface area contributed by atoms with Crippen molar-refractivity contribution in [2.24, 2.45) is 5.92 Å². The number of hydrogen-bond donors (Lipinski definition) is 1. The lowest BCUT2D eigenvalue weighted by molar-refractivity contribution is 0.0594. The van der Waals surface area contributed by atoms with Crippen molar-refractivity contribution in [3.8, 4) is 5.88 Å². The summed E-state index contributed by atoms with van der Waals surface area (Å²) >= 11 is 0. The number of nitrogens with one attached hydrogen (secondary N) is 1. The van der Waals surface area contributed by atoms with Crippen LogP contribution in [0.25, 0.3) is 0 Å². The number of hydrogen-bond acceptors (Lipinski definition) is 5. The normalized spacial score (nSPS) is 19.6. The number of ether oxygens (including phenoxy) is 2. The fraction of sp³-hybridized carbons (Fsp3) is 0.692. The van der Waals surface area contributed by atoms with E-state index in [1.165, 1.54) is 12.7 Å². The molecule has 1 aromatic heterocycles. The first-order valence-corrected chi connectivity index (χ1v) is 6.57. The average molecular weight is 251 g/mol. The van der Waals surface area contributed by atoms with E-state index in [0.29, 0.717) is 18.4 Å². The minimum Gasteiger partial charge on any atom is -0.478 e. The zero-order chi connectivity index (χ0) is 12.8. The summed E-state index contributed by atoms with van der Waals surface area (Å²) in [6.07, 6.45) is 3.91. The first-order valence-electron chi connectivity index (χ1n) is 6.57. The molecule has 1 fully saturated rings. The van der Waals surface area contributed by atoms with Gasteiger partial charge in [0.15, 0.2) is 0 Å². The van der Waals surface area contributed by atoms with Crippen LogP contribution in [0.2, 0.25) is 0 Å². The molecule has 1 aliphatic heterocycles. The van der Waals surface area contributed by atoms with Crippen molar-refractivity contribution >= 4 is 5.82 Å². The van der Waals surface area contributed by atoms with Gasteiger partial charge in [-0.2, -0.15) is 0 Å².